The van der Waals surface area contributed by atoms with Gasteiger partial charge in [0.1, 0.15) is 5.70 Å². The van der Waals surface area contributed by atoms with Crippen LogP contribution in [0, 0.1) is 13.8 Å². The molecule has 1 N–H and O–H groups in total. The molecule has 1 fully saturated rings. The predicted octanol–water partition coefficient (Wildman–Crippen LogP) is 5.30. The minimum absolute atomic E-state index is 0.304. The van der Waals surface area contributed by atoms with E-state index in [9.17, 15) is 9.59 Å². The zero-order valence-electron chi connectivity index (χ0n) is 19.0. The Labute approximate surface area is 194 Å². The number of hydrogen-bond acceptors (Lipinski definition) is 4. The fourth-order valence-electron chi connectivity index (χ4n) is 4.44. The molecule has 0 spiro atoms. The van der Waals surface area contributed by atoms with E-state index in [4.69, 9.17) is 0 Å². The molecule has 0 atom stereocenters. The van der Waals surface area contributed by atoms with Gasteiger partial charge in [-0.3, -0.25) is 9.59 Å². The monoisotopic (exact) mass is 437 g/mol. The minimum Gasteiger partial charge on any atom is -0.372 e. The van der Waals surface area contributed by atoms with Gasteiger partial charge in [-0.25, -0.2) is 4.90 Å². The molecule has 5 nitrogen and oxygen atoms in total. The van der Waals surface area contributed by atoms with Crippen molar-refractivity contribution in [1.82, 2.24) is 0 Å². The zero-order valence-corrected chi connectivity index (χ0v) is 19.0. The van der Waals surface area contributed by atoms with Crippen molar-refractivity contribution >= 4 is 34.4 Å². The maximum atomic E-state index is 13.5. The summed E-state index contributed by atoms with van der Waals surface area (Å²) in [5.41, 5.74) is 6.12. The highest BCUT2D eigenvalue weighted by Gasteiger charge is 2.40. The number of amides is 2. The molecular weight excluding hydrogens is 410 g/mol. The topological polar surface area (TPSA) is 52.7 Å². The van der Waals surface area contributed by atoms with E-state index in [1.807, 2.05) is 74.5 Å². The molecule has 0 aliphatic carbocycles. The molecule has 0 bridgehead atoms. The molecule has 2 aliphatic heterocycles. The summed E-state index contributed by atoms with van der Waals surface area (Å²) in [5.74, 6) is -0.660. The van der Waals surface area contributed by atoms with Gasteiger partial charge in [0, 0.05) is 24.5 Å². The van der Waals surface area contributed by atoms with Crippen molar-refractivity contribution in [3.63, 3.8) is 0 Å². The van der Waals surface area contributed by atoms with Crippen molar-refractivity contribution in [1.29, 1.82) is 0 Å². The van der Waals surface area contributed by atoms with Gasteiger partial charge in [0.25, 0.3) is 11.8 Å². The largest absolute Gasteiger partial charge is 0.372 e. The summed E-state index contributed by atoms with van der Waals surface area (Å²) >= 11 is 0. The number of benzene rings is 3. The van der Waals surface area contributed by atoms with E-state index in [-0.39, 0.29) is 11.8 Å². The molecule has 2 amide bonds. The number of nitrogens with zero attached hydrogens (tertiary/aromatic N) is 2. The molecule has 0 unspecified atom stereocenters. The summed E-state index contributed by atoms with van der Waals surface area (Å²) < 4.78 is 0. The zero-order chi connectivity index (χ0) is 22.9. The number of carbonyl (C=O) groups is 2. The van der Waals surface area contributed by atoms with Gasteiger partial charge < -0.3 is 10.2 Å². The standard InChI is InChI=1S/C28H27N3O2/c1-19-5-9-21(10-6-19)25-26(28(33)31(27(25)32)24-13-7-20(2)8-14-24)29-22-11-15-23(16-12-22)30-17-3-4-18-30/h5-16,29H,3-4,17-18H2,1-2H3. The second kappa shape index (κ2) is 8.58. The lowest BCUT2D eigenvalue weighted by Gasteiger charge is -2.18. The molecule has 0 saturated carbocycles. The molecule has 1 saturated heterocycles. The first-order valence-electron chi connectivity index (χ1n) is 11.4. The van der Waals surface area contributed by atoms with Crippen LogP contribution in [0.4, 0.5) is 17.1 Å². The van der Waals surface area contributed by atoms with Crippen LogP contribution >= 0.6 is 0 Å². The van der Waals surface area contributed by atoms with Crippen molar-refractivity contribution in [3.8, 4) is 0 Å². The van der Waals surface area contributed by atoms with Crippen LogP contribution in [0.1, 0.15) is 29.5 Å². The first-order chi connectivity index (χ1) is 16.0. The van der Waals surface area contributed by atoms with Gasteiger partial charge in [-0.1, -0.05) is 47.5 Å². The predicted molar refractivity (Wildman–Crippen MR) is 133 cm³/mol. The normalized spacial score (nSPS) is 16.2. The summed E-state index contributed by atoms with van der Waals surface area (Å²) in [7, 11) is 0. The highest BCUT2D eigenvalue weighted by atomic mass is 16.2. The summed E-state index contributed by atoms with van der Waals surface area (Å²) in [5, 5.41) is 3.26. The number of anilines is 3. The van der Waals surface area contributed by atoms with Crippen molar-refractivity contribution in [2.45, 2.75) is 26.7 Å². The van der Waals surface area contributed by atoms with E-state index in [2.05, 4.69) is 22.3 Å². The van der Waals surface area contributed by atoms with E-state index in [0.29, 0.717) is 17.0 Å². The molecule has 3 aromatic carbocycles. The lowest BCUT2D eigenvalue weighted by molar-refractivity contribution is -0.120. The Bertz CT molecular complexity index is 1220. The van der Waals surface area contributed by atoms with Gasteiger partial charge in [0.15, 0.2) is 0 Å². The molecule has 33 heavy (non-hydrogen) atoms. The number of hydrogen-bond donors (Lipinski definition) is 1. The van der Waals surface area contributed by atoms with Crippen LogP contribution in [0.25, 0.3) is 5.57 Å². The number of carbonyl (C=O) groups excluding carboxylic acids is 2. The molecule has 5 rings (SSSR count). The Morgan fingerprint density at radius 3 is 1.82 bits per heavy atom. The van der Waals surface area contributed by atoms with Gasteiger partial charge in [0.05, 0.1) is 11.3 Å². The third-order valence-electron chi connectivity index (χ3n) is 6.32. The summed E-state index contributed by atoms with van der Waals surface area (Å²) in [6.07, 6.45) is 2.44. The summed E-state index contributed by atoms with van der Waals surface area (Å²) in [6.45, 7) is 6.13. The van der Waals surface area contributed by atoms with Crippen molar-refractivity contribution in [2.75, 3.05) is 28.2 Å². The maximum Gasteiger partial charge on any atom is 0.282 e. The van der Waals surface area contributed by atoms with Gasteiger partial charge in [-0.05, 0) is 68.7 Å². The Hall–Kier alpha value is -3.86. The first-order valence-corrected chi connectivity index (χ1v) is 11.4. The third-order valence-corrected chi connectivity index (χ3v) is 6.32. The average Bonchev–Trinajstić information content (AvgIpc) is 3.44. The van der Waals surface area contributed by atoms with Crippen LogP contribution in [0.3, 0.4) is 0 Å². The Morgan fingerprint density at radius 1 is 0.667 bits per heavy atom. The Kier molecular flexibility index (Phi) is 5.47. The maximum absolute atomic E-state index is 13.5. The second-order valence-electron chi connectivity index (χ2n) is 8.76. The molecule has 0 radical (unpaired) electrons. The van der Waals surface area contributed by atoms with Crippen LogP contribution in [-0.4, -0.2) is 24.9 Å². The number of aryl methyl sites for hydroxylation is 2. The lowest BCUT2D eigenvalue weighted by Crippen LogP contribution is -2.32. The Balaban J connectivity index is 1.51. The smallest absolute Gasteiger partial charge is 0.282 e. The number of imide groups is 1. The van der Waals surface area contributed by atoms with E-state index in [1.54, 1.807) is 0 Å². The van der Waals surface area contributed by atoms with Crippen LogP contribution in [-0.2, 0) is 9.59 Å². The highest BCUT2D eigenvalue weighted by Crippen LogP contribution is 2.34. The molecule has 2 heterocycles. The number of nitrogens with one attached hydrogen (secondary N) is 1. The first kappa shape index (κ1) is 21.0. The van der Waals surface area contributed by atoms with Crippen LogP contribution < -0.4 is 15.1 Å². The third kappa shape index (κ3) is 4.02. The minimum atomic E-state index is -0.344. The Morgan fingerprint density at radius 2 is 1.21 bits per heavy atom. The highest BCUT2D eigenvalue weighted by molar-refractivity contribution is 6.46. The number of rotatable bonds is 5. The van der Waals surface area contributed by atoms with Crippen LogP contribution in [0.5, 0.6) is 0 Å². The van der Waals surface area contributed by atoms with Crippen LogP contribution in [0.15, 0.2) is 78.5 Å². The van der Waals surface area contributed by atoms with Crippen molar-refractivity contribution in [3.05, 3.63) is 95.2 Å². The summed E-state index contributed by atoms with van der Waals surface area (Å²) in [6, 6.07) is 23.2. The molecule has 5 heteroatoms. The SMILES string of the molecule is Cc1ccc(C2=C(Nc3ccc(N4CCCC4)cc3)C(=O)N(c3ccc(C)cc3)C2=O)cc1. The molecule has 2 aliphatic rings. The van der Waals surface area contributed by atoms with Gasteiger partial charge >= 0.3 is 0 Å². The van der Waals surface area contributed by atoms with E-state index >= 15 is 0 Å². The summed E-state index contributed by atoms with van der Waals surface area (Å²) in [4.78, 5) is 30.6. The van der Waals surface area contributed by atoms with Gasteiger partial charge in [0.2, 0.25) is 0 Å². The van der Waals surface area contributed by atoms with Gasteiger partial charge in [-0.2, -0.15) is 0 Å². The van der Waals surface area contributed by atoms with Gasteiger partial charge in [-0.15, -0.1) is 0 Å². The van der Waals surface area contributed by atoms with E-state index in [0.717, 1.165) is 35.5 Å². The molecular formula is C28H27N3O2. The average molecular weight is 438 g/mol. The van der Waals surface area contributed by atoms with Crippen molar-refractivity contribution < 1.29 is 9.59 Å². The fourth-order valence-corrected chi connectivity index (χ4v) is 4.44. The van der Waals surface area contributed by atoms with E-state index < -0.39 is 0 Å². The lowest BCUT2D eigenvalue weighted by atomic mass is 10.0. The van der Waals surface area contributed by atoms with Crippen molar-refractivity contribution in [2.24, 2.45) is 0 Å². The molecule has 0 aromatic heterocycles. The quantitative estimate of drug-likeness (QED) is 0.551. The molecule has 166 valence electrons. The molecule has 3 aromatic rings. The van der Waals surface area contributed by atoms with Crippen LogP contribution in [0.2, 0.25) is 0 Å². The fraction of sp³-hybridized carbons (Fsp3) is 0.214. The van der Waals surface area contributed by atoms with E-state index in [1.165, 1.54) is 23.4 Å². The second-order valence-corrected chi connectivity index (χ2v) is 8.76.